The molecule has 0 spiro atoms. The van der Waals surface area contributed by atoms with Gasteiger partial charge in [-0.2, -0.15) is 0 Å². The van der Waals surface area contributed by atoms with E-state index in [2.05, 4.69) is 33.8 Å². The molecule has 10 aliphatic rings. The summed E-state index contributed by atoms with van der Waals surface area (Å²) < 4.78 is 58.1. The van der Waals surface area contributed by atoms with Crippen molar-refractivity contribution >= 4 is 11.9 Å². The third kappa shape index (κ3) is 10.5. The second-order valence-electron chi connectivity index (χ2n) is 27.9. The van der Waals surface area contributed by atoms with Gasteiger partial charge in [0.05, 0.1) is 64.1 Å². The topological polar surface area (TPSA) is 470 Å². The standard InChI is InChI=1S/C57H90O29/c1-22-38(81-45-37(71)39(27(63)17-77-45)82-49-42(72)56(76,20-60)21-79-49)34(68)36(70)46(80-22)84-41-31(65)26(62)16-78-48(41)86-50(75)57-12-11-51(2,3)13-24(57)23-7-8-28-52(4)14-25(61)43(85-47-35(69)32(66)33(67)40(83-47)44(73)74)55(18-58,19-59)29(52)9-10-53(28,5)54(23,6)15-30(57)64/h7,22,24-43,45-49,58-72,76H,8-21H2,1-6H3,(H,73,74)/t22-,24-,25-,26-,27+,28?,29?,30+,31-,32-,33-,34-,35+,36+,37+,38-,39-,40-,41+,42-,43-,45-,46-,47-,48-,49-,52+,53+,54+,56+,57+/m0/s1. The number of hydrogen-bond donors (Lipinski definition) is 17. The summed E-state index contributed by atoms with van der Waals surface area (Å²) in [4.78, 5) is 27.4. The number of carbonyl (C=O) groups excluding carboxylic acids is 1. The molecule has 5 aliphatic heterocycles. The molecule has 5 heterocycles. The largest absolute Gasteiger partial charge is 0.479 e. The first-order valence-corrected chi connectivity index (χ1v) is 29.9. The summed E-state index contributed by atoms with van der Waals surface area (Å²) in [6.45, 7) is 7.83. The minimum absolute atomic E-state index is 0.0302. The molecule has 17 N–H and O–H groups in total. The smallest absolute Gasteiger partial charge is 0.335 e. The highest BCUT2D eigenvalue weighted by molar-refractivity contribution is 5.80. The van der Waals surface area contributed by atoms with Crippen LogP contribution >= 0.6 is 0 Å². The molecule has 0 amide bonds. The first-order valence-electron chi connectivity index (χ1n) is 29.9. The summed E-state index contributed by atoms with van der Waals surface area (Å²) in [7, 11) is 0. The fraction of sp³-hybridized carbons (Fsp3) is 0.930. The molecule has 0 radical (unpaired) electrons. The molecule has 5 saturated heterocycles. The van der Waals surface area contributed by atoms with Gasteiger partial charge >= 0.3 is 11.9 Å². The maximum Gasteiger partial charge on any atom is 0.335 e. The Morgan fingerprint density at radius 2 is 1.23 bits per heavy atom. The summed E-state index contributed by atoms with van der Waals surface area (Å²) in [6, 6.07) is 0. The summed E-state index contributed by atoms with van der Waals surface area (Å²) in [5.74, 6) is -4.06. The minimum atomic E-state index is -2.08. The Morgan fingerprint density at radius 1 is 0.605 bits per heavy atom. The molecule has 29 heteroatoms. The van der Waals surface area contributed by atoms with E-state index in [0.29, 0.717) is 32.1 Å². The number of ether oxygens (including phenoxy) is 10. The first kappa shape index (κ1) is 66.6. The number of carboxylic acids is 1. The van der Waals surface area contributed by atoms with Crippen molar-refractivity contribution in [3.63, 3.8) is 0 Å². The van der Waals surface area contributed by atoms with Crippen molar-refractivity contribution in [2.24, 2.45) is 50.2 Å². The molecule has 31 atom stereocenters. The SMILES string of the molecule is C[C@@H]1O[C@@H](O[C@H]2[C@H](OC(=O)[C@]34CCC(C)(C)C[C@H]3C3=CCC5[C@@]6(C)C[C@H](O)[C@H](O[C@@H]7O[C@H](C(=O)O)[C@@H](O)[C@H](O)[C@H]7O)C(CO)(CO)C6CC[C@@]5(C)[C@]3(C)C[C@H]4O)OC[C@H](O)[C@@H]2O)[C@H](O)[C@H](O)[C@H]1O[C@@H]1OC[C@@H](O)[C@H](O[C@@H]2OC[C@](O)(CO)[C@H]2O)[C@H]1O. The molecule has 86 heavy (non-hydrogen) atoms. The monoisotopic (exact) mass is 1240 g/mol. The van der Waals surface area contributed by atoms with Gasteiger partial charge in [0.25, 0.3) is 0 Å². The summed E-state index contributed by atoms with van der Waals surface area (Å²) in [5, 5.41) is 188. The summed E-state index contributed by atoms with van der Waals surface area (Å²) in [6.07, 6.45) is -35.2. The highest BCUT2D eigenvalue weighted by Gasteiger charge is 2.74. The van der Waals surface area contributed by atoms with Gasteiger partial charge in [0.1, 0.15) is 84.3 Å². The van der Waals surface area contributed by atoms with Crippen LogP contribution in [0.25, 0.3) is 0 Å². The zero-order valence-corrected chi connectivity index (χ0v) is 49.0. The molecule has 5 aliphatic carbocycles. The predicted molar refractivity (Wildman–Crippen MR) is 282 cm³/mol. The van der Waals surface area contributed by atoms with E-state index in [9.17, 15) is 91.6 Å². The van der Waals surface area contributed by atoms with Gasteiger partial charge in [0.15, 0.2) is 37.4 Å². The fourth-order valence-corrected chi connectivity index (χ4v) is 17.4. The molecule has 9 fully saturated rings. The molecular weight excluding hydrogens is 1150 g/mol. The van der Waals surface area contributed by atoms with Crippen LogP contribution in [0.15, 0.2) is 11.6 Å². The van der Waals surface area contributed by atoms with Gasteiger partial charge in [0.2, 0.25) is 6.29 Å². The van der Waals surface area contributed by atoms with Gasteiger partial charge in [-0.25, -0.2) is 4.79 Å². The van der Waals surface area contributed by atoms with E-state index in [-0.39, 0.29) is 30.6 Å². The lowest BCUT2D eigenvalue weighted by Gasteiger charge is -2.72. The van der Waals surface area contributed by atoms with Crippen molar-refractivity contribution in [1.82, 2.24) is 0 Å². The number of aliphatic hydroxyl groups is 16. The van der Waals surface area contributed by atoms with Crippen LogP contribution in [0, 0.1) is 50.2 Å². The van der Waals surface area contributed by atoms with Gasteiger partial charge in [-0.05, 0) is 97.7 Å². The number of fused-ring (bicyclic) bond motifs is 7. The molecule has 0 aromatic carbocycles. The van der Waals surface area contributed by atoms with Gasteiger partial charge in [0, 0.05) is 5.41 Å². The minimum Gasteiger partial charge on any atom is -0.479 e. The molecule has 0 bridgehead atoms. The second kappa shape index (κ2) is 24.0. The van der Waals surface area contributed by atoms with Crippen molar-refractivity contribution in [2.75, 3.05) is 39.6 Å². The lowest BCUT2D eigenvalue weighted by atomic mass is 9.33. The van der Waals surface area contributed by atoms with E-state index in [1.54, 1.807) is 0 Å². The van der Waals surface area contributed by atoms with Gasteiger partial charge in [-0.15, -0.1) is 0 Å². The number of carboxylic acid groups (broad SMARTS) is 1. The highest BCUT2D eigenvalue weighted by atomic mass is 16.8. The molecule has 2 unspecified atom stereocenters. The number of esters is 1. The normalized spacial score (nSPS) is 53.4. The first-order chi connectivity index (χ1) is 40.2. The van der Waals surface area contributed by atoms with Crippen LogP contribution in [-0.2, 0) is 57.0 Å². The van der Waals surface area contributed by atoms with Crippen LogP contribution in [0.4, 0.5) is 0 Å². The van der Waals surface area contributed by atoms with Crippen molar-refractivity contribution in [3.05, 3.63) is 11.6 Å². The summed E-state index contributed by atoms with van der Waals surface area (Å²) >= 11 is 0. The van der Waals surface area contributed by atoms with Crippen LogP contribution in [0.5, 0.6) is 0 Å². The Bertz CT molecular complexity index is 2470. The van der Waals surface area contributed by atoms with Crippen molar-refractivity contribution in [3.8, 4) is 0 Å². The lowest BCUT2D eigenvalue weighted by molar-refractivity contribution is -0.372. The number of aliphatic hydroxyl groups excluding tert-OH is 15. The predicted octanol–water partition coefficient (Wildman–Crippen LogP) is -5.29. The molecule has 0 aromatic heterocycles. The van der Waals surface area contributed by atoms with E-state index in [0.717, 1.165) is 5.57 Å². The second-order valence-corrected chi connectivity index (χ2v) is 27.9. The molecule has 492 valence electrons. The van der Waals surface area contributed by atoms with E-state index in [4.69, 9.17) is 47.4 Å². The third-order valence-corrected chi connectivity index (χ3v) is 22.6. The Hall–Kier alpha value is -2.32. The molecule has 0 aromatic rings. The van der Waals surface area contributed by atoms with Crippen LogP contribution in [-0.4, -0.2) is 285 Å². The third-order valence-electron chi connectivity index (χ3n) is 22.6. The number of aliphatic carboxylic acids is 1. The number of hydrogen-bond acceptors (Lipinski definition) is 28. The lowest BCUT2D eigenvalue weighted by Crippen LogP contribution is -2.72. The number of allylic oxidation sites excluding steroid dienone is 2. The van der Waals surface area contributed by atoms with E-state index < -0.39 is 237 Å². The zero-order valence-electron chi connectivity index (χ0n) is 49.0. The number of rotatable bonds is 14. The van der Waals surface area contributed by atoms with E-state index in [1.165, 1.54) is 6.92 Å². The van der Waals surface area contributed by atoms with Crippen LogP contribution < -0.4 is 0 Å². The van der Waals surface area contributed by atoms with Crippen LogP contribution in [0.2, 0.25) is 0 Å². The van der Waals surface area contributed by atoms with Crippen molar-refractivity contribution in [1.29, 1.82) is 0 Å². The number of carbonyl (C=O) groups is 2. The zero-order chi connectivity index (χ0) is 62.9. The van der Waals surface area contributed by atoms with Crippen molar-refractivity contribution < 1.29 is 144 Å². The van der Waals surface area contributed by atoms with Gasteiger partial charge in [-0.1, -0.05) is 46.3 Å². The van der Waals surface area contributed by atoms with E-state index >= 15 is 4.79 Å². The molecule has 10 rings (SSSR count). The Labute approximate surface area is 495 Å². The van der Waals surface area contributed by atoms with Crippen LogP contribution in [0.3, 0.4) is 0 Å². The quantitative estimate of drug-likeness (QED) is 0.0439. The molecular formula is C57H90O29. The average Bonchev–Trinajstić information content (AvgIpc) is 0.750. The van der Waals surface area contributed by atoms with Gasteiger partial charge < -0.3 is 134 Å². The Kier molecular flexibility index (Phi) is 18.6. The molecule has 4 saturated carbocycles. The van der Waals surface area contributed by atoms with E-state index in [1.807, 2.05) is 6.92 Å². The Balaban J connectivity index is 0.866. The average molecular weight is 1240 g/mol. The van der Waals surface area contributed by atoms with Crippen molar-refractivity contribution in [2.45, 2.75) is 240 Å². The maximum atomic E-state index is 15.4. The fourth-order valence-electron chi connectivity index (χ4n) is 17.4. The van der Waals surface area contributed by atoms with Gasteiger partial charge in [-0.3, -0.25) is 4.79 Å². The highest BCUT2D eigenvalue weighted by Crippen LogP contribution is 2.76. The van der Waals surface area contributed by atoms with Crippen LogP contribution in [0.1, 0.15) is 92.9 Å². The molecule has 29 nitrogen and oxygen atoms in total. The Morgan fingerprint density at radius 3 is 1.88 bits per heavy atom. The maximum absolute atomic E-state index is 15.4. The summed E-state index contributed by atoms with van der Waals surface area (Å²) in [5.41, 5.74) is -7.17.